The SMILES string of the molecule is CC1CC(Nc2ncc(F)cn2)=C(N)CN1C(=O)c1cccc(Cl)c1Cl. The molecular weight excluding hydrogens is 380 g/mol. The molecule has 0 spiro atoms. The number of nitrogens with zero attached hydrogens (tertiary/aromatic N) is 3. The van der Waals surface area contributed by atoms with Crippen molar-refractivity contribution >= 4 is 35.1 Å². The Labute approximate surface area is 159 Å². The van der Waals surface area contributed by atoms with Crippen LogP contribution < -0.4 is 11.1 Å². The number of anilines is 1. The molecule has 2 heterocycles. The van der Waals surface area contributed by atoms with Crippen molar-refractivity contribution in [3.8, 4) is 0 Å². The minimum Gasteiger partial charge on any atom is -0.399 e. The van der Waals surface area contributed by atoms with E-state index in [0.29, 0.717) is 28.4 Å². The summed E-state index contributed by atoms with van der Waals surface area (Å²) in [6.07, 6.45) is 2.60. The van der Waals surface area contributed by atoms with Gasteiger partial charge in [-0.15, -0.1) is 0 Å². The molecule has 6 nitrogen and oxygen atoms in total. The van der Waals surface area contributed by atoms with Crippen LogP contribution in [0.25, 0.3) is 0 Å². The summed E-state index contributed by atoms with van der Waals surface area (Å²) in [7, 11) is 0. The van der Waals surface area contributed by atoms with Crippen molar-refractivity contribution in [2.45, 2.75) is 19.4 Å². The fourth-order valence-corrected chi connectivity index (χ4v) is 3.09. The first-order valence-electron chi connectivity index (χ1n) is 7.84. The highest BCUT2D eigenvalue weighted by molar-refractivity contribution is 6.43. The number of aromatic nitrogens is 2. The van der Waals surface area contributed by atoms with Gasteiger partial charge in [0.15, 0.2) is 5.82 Å². The van der Waals surface area contributed by atoms with E-state index in [1.807, 2.05) is 6.92 Å². The Morgan fingerprint density at radius 2 is 2.04 bits per heavy atom. The first kappa shape index (κ1) is 18.4. The molecule has 1 atom stereocenters. The summed E-state index contributed by atoms with van der Waals surface area (Å²) in [5.41, 5.74) is 7.63. The van der Waals surface area contributed by atoms with Gasteiger partial charge in [0, 0.05) is 23.9 Å². The van der Waals surface area contributed by atoms with Crippen LogP contribution in [0.5, 0.6) is 0 Å². The smallest absolute Gasteiger partial charge is 0.256 e. The number of hydrogen-bond acceptors (Lipinski definition) is 5. The largest absolute Gasteiger partial charge is 0.399 e. The Balaban J connectivity index is 1.80. The van der Waals surface area contributed by atoms with Crippen LogP contribution in [0, 0.1) is 5.82 Å². The molecule has 1 aromatic heterocycles. The van der Waals surface area contributed by atoms with E-state index in [9.17, 15) is 9.18 Å². The number of hydrogen-bond donors (Lipinski definition) is 2. The molecule has 0 aliphatic carbocycles. The second-order valence-electron chi connectivity index (χ2n) is 5.94. The number of amides is 1. The van der Waals surface area contributed by atoms with Crippen molar-refractivity contribution < 1.29 is 9.18 Å². The predicted octanol–water partition coefficient (Wildman–Crippen LogP) is 3.44. The van der Waals surface area contributed by atoms with Crippen LogP contribution in [0.4, 0.5) is 10.3 Å². The van der Waals surface area contributed by atoms with E-state index in [-0.39, 0.29) is 29.5 Å². The van der Waals surface area contributed by atoms with Crippen molar-refractivity contribution in [1.29, 1.82) is 0 Å². The molecule has 0 bridgehead atoms. The van der Waals surface area contributed by atoms with Crippen LogP contribution in [0.1, 0.15) is 23.7 Å². The average molecular weight is 396 g/mol. The van der Waals surface area contributed by atoms with Gasteiger partial charge in [-0.1, -0.05) is 29.3 Å². The van der Waals surface area contributed by atoms with E-state index in [2.05, 4.69) is 15.3 Å². The Hall–Kier alpha value is -2.38. The Morgan fingerprint density at radius 3 is 2.73 bits per heavy atom. The highest BCUT2D eigenvalue weighted by Gasteiger charge is 2.30. The van der Waals surface area contributed by atoms with Gasteiger partial charge < -0.3 is 16.0 Å². The minimum absolute atomic E-state index is 0.146. The lowest BCUT2D eigenvalue weighted by molar-refractivity contribution is 0.0697. The van der Waals surface area contributed by atoms with Gasteiger partial charge in [0.05, 0.1) is 34.5 Å². The first-order valence-corrected chi connectivity index (χ1v) is 8.59. The molecular formula is C17H16Cl2FN5O. The number of carbonyl (C=O) groups is 1. The fraction of sp³-hybridized carbons (Fsp3) is 0.235. The van der Waals surface area contributed by atoms with Crippen molar-refractivity contribution in [2.24, 2.45) is 5.73 Å². The molecule has 9 heteroatoms. The quantitative estimate of drug-likeness (QED) is 0.831. The number of nitrogens with two attached hydrogens (primary N) is 1. The lowest BCUT2D eigenvalue weighted by Gasteiger charge is -2.35. The second-order valence-corrected chi connectivity index (χ2v) is 6.73. The van der Waals surface area contributed by atoms with E-state index >= 15 is 0 Å². The van der Waals surface area contributed by atoms with Crippen LogP contribution >= 0.6 is 23.2 Å². The zero-order valence-corrected chi connectivity index (χ0v) is 15.4. The fourth-order valence-electron chi connectivity index (χ4n) is 2.71. The highest BCUT2D eigenvalue weighted by Crippen LogP contribution is 2.29. The van der Waals surface area contributed by atoms with Crippen LogP contribution in [0.15, 0.2) is 42.0 Å². The molecule has 0 radical (unpaired) electrons. The molecule has 0 fully saturated rings. The summed E-state index contributed by atoms with van der Waals surface area (Å²) >= 11 is 12.2. The summed E-state index contributed by atoms with van der Waals surface area (Å²) < 4.78 is 12.9. The van der Waals surface area contributed by atoms with Gasteiger partial charge in [-0.05, 0) is 19.1 Å². The number of nitrogens with one attached hydrogen (secondary N) is 1. The minimum atomic E-state index is -0.523. The molecule has 3 rings (SSSR count). The molecule has 3 N–H and O–H groups in total. The van der Waals surface area contributed by atoms with E-state index in [1.54, 1.807) is 23.1 Å². The van der Waals surface area contributed by atoms with Crippen LogP contribution in [0.2, 0.25) is 10.0 Å². The summed E-state index contributed by atoms with van der Waals surface area (Å²) in [5.74, 6) is -0.524. The molecule has 1 aliphatic heterocycles. The van der Waals surface area contributed by atoms with Gasteiger partial charge in [0.2, 0.25) is 5.95 Å². The molecule has 0 saturated heterocycles. The van der Waals surface area contributed by atoms with Gasteiger partial charge in [-0.25, -0.2) is 14.4 Å². The number of halogens is 3. The maximum absolute atomic E-state index is 12.9. The zero-order valence-electron chi connectivity index (χ0n) is 13.8. The van der Waals surface area contributed by atoms with Gasteiger partial charge in [-0.3, -0.25) is 4.79 Å². The average Bonchev–Trinajstić information content (AvgIpc) is 2.61. The number of rotatable bonds is 3. The van der Waals surface area contributed by atoms with Crippen LogP contribution in [-0.4, -0.2) is 33.4 Å². The summed E-state index contributed by atoms with van der Waals surface area (Å²) in [6, 6.07) is 4.78. The third-order valence-electron chi connectivity index (χ3n) is 4.09. The van der Waals surface area contributed by atoms with Crippen molar-refractivity contribution in [2.75, 3.05) is 11.9 Å². The van der Waals surface area contributed by atoms with E-state index in [0.717, 1.165) is 12.4 Å². The second kappa shape index (κ2) is 7.47. The lowest BCUT2D eigenvalue weighted by Crippen LogP contribution is -2.45. The van der Waals surface area contributed by atoms with E-state index < -0.39 is 5.82 Å². The molecule has 1 aliphatic rings. The maximum atomic E-state index is 12.9. The monoisotopic (exact) mass is 395 g/mol. The Morgan fingerprint density at radius 1 is 1.35 bits per heavy atom. The summed E-state index contributed by atoms with van der Waals surface area (Å²) in [5, 5.41) is 3.53. The van der Waals surface area contributed by atoms with Crippen molar-refractivity contribution in [3.05, 3.63) is 63.4 Å². The Kier molecular flexibility index (Phi) is 5.29. The maximum Gasteiger partial charge on any atom is 0.256 e. The predicted molar refractivity (Wildman–Crippen MR) is 98.4 cm³/mol. The Bertz CT molecular complexity index is 872. The molecule has 2 aromatic rings. The normalized spacial score (nSPS) is 17.4. The molecule has 26 heavy (non-hydrogen) atoms. The van der Waals surface area contributed by atoms with Crippen molar-refractivity contribution in [3.63, 3.8) is 0 Å². The van der Waals surface area contributed by atoms with Gasteiger partial charge >= 0.3 is 0 Å². The molecule has 1 amide bonds. The summed E-state index contributed by atoms with van der Waals surface area (Å²) in [6.45, 7) is 2.11. The zero-order chi connectivity index (χ0) is 18.8. The topological polar surface area (TPSA) is 84.1 Å². The number of carbonyl (C=O) groups excluding carboxylic acids is 1. The van der Waals surface area contributed by atoms with Gasteiger partial charge in [0.1, 0.15) is 0 Å². The molecule has 1 aromatic carbocycles. The van der Waals surface area contributed by atoms with Crippen molar-refractivity contribution in [1.82, 2.24) is 14.9 Å². The lowest BCUT2D eigenvalue weighted by atomic mass is 10.0. The summed E-state index contributed by atoms with van der Waals surface area (Å²) in [4.78, 5) is 22.2. The van der Waals surface area contributed by atoms with E-state index in [4.69, 9.17) is 28.9 Å². The highest BCUT2D eigenvalue weighted by atomic mass is 35.5. The van der Waals surface area contributed by atoms with E-state index in [1.165, 1.54) is 0 Å². The van der Waals surface area contributed by atoms with Gasteiger partial charge in [-0.2, -0.15) is 0 Å². The molecule has 1 unspecified atom stereocenters. The number of benzene rings is 1. The molecule has 136 valence electrons. The molecule has 0 saturated carbocycles. The van der Waals surface area contributed by atoms with Crippen LogP contribution in [-0.2, 0) is 0 Å². The van der Waals surface area contributed by atoms with Gasteiger partial charge in [0.25, 0.3) is 5.91 Å². The van der Waals surface area contributed by atoms with Crippen LogP contribution in [0.3, 0.4) is 0 Å². The third-order valence-corrected chi connectivity index (χ3v) is 4.90. The third kappa shape index (κ3) is 3.73. The first-order chi connectivity index (χ1) is 12.4. The standard InChI is InChI=1S/C17H16Cl2FN5O/c1-9-5-14(24-17-22-6-10(20)7-23-17)13(21)8-25(9)16(26)11-3-2-4-12(18)15(11)19/h2-4,6-7,9H,5,8,21H2,1H3,(H,22,23,24).